The number of rotatable bonds is 9. The fourth-order valence-electron chi connectivity index (χ4n) is 2.97. The summed E-state index contributed by atoms with van der Waals surface area (Å²) >= 11 is 1.78. The van der Waals surface area contributed by atoms with Crippen LogP contribution in [-0.2, 0) is 16.1 Å². The standard InChI is InChI=1S/C18H26N2O3S/c1-23-18(22)15-5-3-14(4-6-15)13-19-10-9-16-7-8-17(21)20(16)11-12-24-2/h3-6,16,19H,7-13H2,1-2H3/t16-/m0/s1. The maximum atomic E-state index is 11.9. The molecule has 5 nitrogen and oxygen atoms in total. The molecule has 1 aliphatic rings. The van der Waals surface area contributed by atoms with Crippen molar-refractivity contribution < 1.29 is 14.3 Å². The van der Waals surface area contributed by atoms with Crippen molar-refractivity contribution in [2.24, 2.45) is 0 Å². The zero-order valence-electron chi connectivity index (χ0n) is 14.4. The number of nitrogens with one attached hydrogen (secondary N) is 1. The van der Waals surface area contributed by atoms with E-state index in [1.165, 1.54) is 7.11 Å². The topological polar surface area (TPSA) is 58.6 Å². The number of likely N-dealkylation sites (tertiary alicyclic amines) is 1. The average molecular weight is 350 g/mol. The van der Waals surface area contributed by atoms with Gasteiger partial charge in [-0.25, -0.2) is 4.79 Å². The van der Waals surface area contributed by atoms with Crippen LogP contribution in [0.5, 0.6) is 0 Å². The van der Waals surface area contributed by atoms with Gasteiger partial charge in [0.1, 0.15) is 0 Å². The quantitative estimate of drug-likeness (QED) is 0.547. The van der Waals surface area contributed by atoms with Gasteiger partial charge >= 0.3 is 5.97 Å². The first kappa shape index (κ1) is 18.8. The zero-order chi connectivity index (χ0) is 17.4. The number of nitrogens with zero attached hydrogens (tertiary/aromatic N) is 1. The van der Waals surface area contributed by atoms with Crippen LogP contribution in [-0.4, -0.2) is 55.0 Å². The summed E-state index contributed by atoms with van der Waals surface area (Å²) < 4.78 is 4.69. The number of esters is 1. The third-order valence-corrected chi connectivity index (χ3v) is 4.94. The van der Waals surface area contributed by atoms with Gasteiger partial charge in [-0.3, -0.25) is 4.79 Å². The van der Waals surface area contributed by atoms with Crippen molar-refractivity contribution in [1.29, 1.82) is 0 Å². The molecule has 1 saturated heterocycles. The molecule has 1 amide bonds. The van der Waals surface area contributed by atoms with E-state index in [2.05, 4.69) is 11.6 Å². The fraction of sp³-hybridized carbons (Fsp3) is 0.556. The van der Waals surface area contributed by atoms with Crippen LogP contribution in [0.4, 0.5) is 0 Å². The third kappa shape index (κ3) is 5.24. The summed E-state index contributed by atoms with van der Waals surface area (Å²) in [6, 6.07) is 7.80. The molecule has 0 radical (unpaired) electrons. The SMILES string of the molecule is COC(=O)c1ccc(CNCC[C@@H]2CCC(=O)N2CCSC)cc1. The predicted molar refractivity (Wildman–Crippen MR) is 97.2 cm³/mol. The van der Waals surface area contributed by atoms with Gasteiger partial charge in [-0.15, -0.1) is 0 Å². The Labute approximate surface area is 148 Å². The number of hydrogen-bond acceptors (Lipinski definition) is 5. The van der Waals surface area contributed by atoms with Crippen molar-refractivity contribution in [2.75, 3.05) is 32.2 Å². The Morgan fingerprint density at radius 1 is 1.38 bits per heavy atom. The Hall–Kier alpha value is -1.53. The highest BCUT2D eigenvalue weighted by Crippen LogP contribution is 2.21. The first-order chi connectivity index (χ1) is 11.7. The normalized spacial score (nSPS) is 17.3. The molecule has 1 aromatic rings. The molecule has 0 spiro atoms. The predicted octanol–water partition coefficient (Wildman–Crippen LogP) is 2.31. The van der Waals surface area contributed by atoms with E-state index in [1.807, 2.05) is 17.0 Å². The smallest absolute Gasteiger partial charge is 0.337 e. The molecule has 132 valence electrons. The lowest BCUT2D eigenvalue weighted by molar-refractivity contribution is -0.128. The summed E-state index contributed by atoms with van der Waals surface area (Å²) in [5.74, 6) is 0.987. The number of thioether (sulfide) groups is 1. The van der Waals surface area contributed by atoms with E-state index in [0.717, 1.165) is 43.8 Å². The molecular weight excluding hydrogens is 324 g/mol. The van der Waals surface area contributed by atoms with Gasteiger partial charge in [-0.1, -0.05) is 12.1 Å². The minimum Gasteiger partial charge on any atom is -0.465 e. The molecule has 1 atom stereocenters. The largest absolute Gasteiger partial charge is 0.465 e. The van der Waals surface area contributed by atoms with Crippen LogP contribution < -0.4 is 5.32 Å². The van der Waals surface area contributed by atoms with E-state index in [4.69, 9.17) is 4.74 Å². The molecule has 1 N–H and O–H groups in total. The van der Waals surface area contributed by atoms with Crippen molar-refractivity contribution in [2.45, 2.75) is 31.8 Å². The summed E-state index contributed by atoms with van der Waals surface area (Å²) in [4.78, 5) is 25.4. The zero-order valence-corrected chi connectivity index (χ0v) is 15.2. The summed E-state index contributed by atoms with van der Waals surface area (Å²) in [7, 11) is 1.38. The lowest BCUT2D eigenvalue weighted by Gasteiger charge is -2.24. The van der Waals surface area contributed by atoms with Crippen LogP contribution in [0, 0.1) is 0 Å². The van der Waals surface area contributed by atoms with Gasteiger partial charge in [0, 0.05) is 31.3 Å². The molecule has 1 heterocycles. The van der Waals surface area contributed by atoms with E-state index in [0.29, 0.717) is 23.9 Å². The van der Waals surface area contributed by atoms with Crippen LogP contribution in [0.25, 0.3) is 0 Å². The minimum absolute atomic E-state index is 0.299. The Morgan fingerprint density at radius 2 is 2.12 bits per heavy atom. The number of hydrogen-bond donors (Lipinski definition) is 1. The number of carbonyl (C=O) groups excluding carboxylic acids is 2. The highest BCUT2D eigenvalue weighted by atomic mass is 32.2. The Bertz CT molecular complexity index is 548. The number of carbonyl (C=O) groups is 2. The Balaban J connectivity index is 1.72. The highest BCUT2D eigenvalue weighted by molar-refractivity contribution is 7.98. The second-order valence-corrected chi connectivity index (χ2v) is 6.91. The summed E-state index contributed by atoms with van der Waals surface area (Å²) in [5, 5.41) is 3.42. The lowest BCUT2D eigenvalue weighted by atomic mass is 10.1. The van der Waals surface area contributed by atoms with Crippen molar-refractivity contribution in [3.8, 4) is 0 Å². The number of benzene rings is 1. The molecule has 0 saturated carbocycles. The van der Waals surface area contributed by atoms with Crippen molar-refractivity contribution in [3.63, 3.8) is 0 Å². The van der Waals surface area contributed by atoms with Crippen LogP contribution in [0.3, 0.4) is 0 Å². The summed E-state index contributed by atoms with van der Waals surface area (Å²) in [6.07, 6.45) is 4.72. The molecule has 1 aromatic carbocycles. The molecule has 24 heavy (non-hydrogen) atoms. The van der Waals surface area contributed by atoms with Gasteiger partial charge in [-0.05, 0) is 43.3 Å². The van der Waals surface area contributed by atoms with Gasteiger partial charge in [0.25, 0.3) is 0 Å². The summed E-state index contributed by atoms with van der Waals surface area (Å²) in [6.45, 7) is 2.50. The Kier molecular flexibility index (Phi) is 7.59. The molecule has 0 aromatic heterocycles. The van der Waals surface area contributed by atoms with Crippen LogP contribution in [0.1, 0.15) is 35.2 Å². The first-order valence-electron chi connectivity index (χ1n) is 8.32. The number of amides is 1. The minimum atomic E-state index is -0.314. The highest BCUT2D eigenvalue weighted by Gasteiger charge is 2.29. The maximum absolute atomic E-state index is 11.9. The molecule has 0 unspecified atom stereocenters. The first-order valence-corrected chi connectivity index (χ1v) is 9.71. The number of methoxy groups -OCH3 is 1. The van der Waals surface area contributed by atoms with Gasteiger partial charge in [-0.2, -0.15) is 11.8 Å². The summed E-state index contributed by atoms with van der Waals surface area (Å²) in [5.41, 5.74) is 1.69. The van der Waals surface area contributed by atoms with Gasteiger partial charge in [0.2, 0.25) is 5.91 Å². The number of ether oxygens (including phenoxy) is 1. The maximum Gasteiger partial charge on any atom is 0.337 e. The van der Waals surface area contributed by atoms with Crippen molar-refractivity contribution in [1.82, 2.24) is 10.2 Å². The molecular formula is C18H26N2O3S. The van der Waals surface area contributed by atoms with E-state index in [9.17, 15) is 9.59 Å². The molecule has 2 rings (SSSR count). The molecule has 6 heteroatoms. The molecule has 1 fully saturated rings. The van der Waals surface area contributed by atoms with E-state index in [-0.39, 0.29) is 5.97 Å². The second kappa shape index (κ2) is 9.69. The lowest BCUT2D eigenvalue weighted by Crippen LogP contribution is -2.36. The molecule has 1 aliphatic heterocycles. The van der Waals surface area contributed by atoms with Crippen molar-refractivity contribution >= 4 is 23.6 Å². The van der Waals surface area contributed by atoms with Crippen molar-refractivity contribution in [3.05, 3.63) is 35.4 Å². The van der Waals surface area contributed by atoms with Gasteiger partial charge in [0.15, 0.2) is 0 Å². The average Bonchev–Trinajstić information content (AvgIpc) is 2.96. The van der Waals surface area contributed by atoms with Crippen LogP contribution >= 0.6 is 11.8 Å². The van der Waals surface area contributed by atoms with Gasteiger partial charge < -0.3 is 15.0 Å². The third-order valence-electron chi connectivity index (χ3n) is 4.35. The van der Waals surface area contributed by atoms with E-state index >= 15 is 0 Å². The second-order valence-electron chi connectivity index (χ2n) is 5.93. The van der Waals surface area contributed by atoms with E-state index < -0.39 is 0 Å². The fourth-order valence-corrected chi connectivity index (χ4v) is 3.35. The van der Waals surface area contributed by atoms with Crippen LogP contribution in [0.2, 0.25) is 0 Å². The van der Waals surface area contributed by atoms with Gasteiger partial charge in [0.05, 0.1) is 12.7 Å². The molecule has 0 bridgehead atoms. The van der Waals surface area contributed by atoms with E-state index in [1.54, 1.807) is 23.9 Å². The molecule has 0 aliphatic carbocycles. The Morgan fingerprint density at radius 3 is 2.79 bits per heavy atom. The van der Waals surface area contributed by atoms with Crippen LogP contribution in [0.15, 0.2) is 24.3 Å². The monoisotopic (exact) mass is 350 g/mol.